The highest BCUT2D eigenvalue weighted by Gasteiger charge is 2.17. The van der Waals surface area contributed by atoms with Crippen LogP contribution in [0.15, 0.2) is 46.5 Å². The maximum atomic E-state index is 9.36. The molecule has 0 saturated carbocycles. The first-order valence-electron chi connectivity index (χ1n) is 6.32. The van der Waals surface area contributed by atoms with E-state index in [9.17, 15) is 5.26 Å². The first-order valence-corrected chi connectivity index (χ1v) is 7.93. The second-order valence-electron chi connectivity index (χ2n) is 4.12. The molecule has 2 rings (SSSR count). The summed E-state index contributed by atoms with van der Waals surface area (Å²) in [4.78, 5) is 4.28. The third kappa shape index (κ3) is 3.70. The summed E-state index contributed by atoms with van der Waals surface area (Å²) in [6, 6.07) is 9.16. The molecule has 0 fully saturated rings. The summed E-state index contributed by atoms with van der Waals surface area (Å²) in [6.45, 7) is 4.18. The van der Waals surface area contributed by atoms with Gasteiger partial charge in [0.15, 0.2) is 0 Å². The lowest BCUT2D eigenvalue weighted by Gasteiger charge is -2.06. The van der Waals surface area contributed by atoms with Crippen molar-refractivity contribution in [1.82, 2.24) is 15.5 Å². The summed E-state index contributed by atoms with van der Waals surface area (Å²) in [5, 5.41) is 17.6. The van der Waals surface area contributed by atoms with Crippen molar-refractivity contribution >= 4 is 28.9 Å². The van der Waals surface area contributed by atoms with Gasteiger partial charge in [-0.25, -0.2) is 0 Å². The van der Waals surface area contributed by atoms with Crippen molar-refractivity contribution in [3.05, 3.63) is 52.9 Å². The molecule has 5 nitrogen and oxygen atoms in total. The van der Waals surface area contributed by atoms with E-state index >= 15 is 0 Å². The van der Waals surface area contributed by atoms with Gasteiger partial charge in [0, 0.05) is 17.1 Å². The van der Waals surface area contributed by atoms with Gasteiger partial charge in [0.1, 0.15) is 11.6 Å². The van der Waals surface area contributed by atoms with Crippen LogP contribution in [0, 0.1) is 11.3 Å². The summed E-state index contributed by atoms with van der Waals surface area (Å²) in [5.41, 5.74) is 1.07. The van der Waals surface area contributed by atoms with Crippen molar-refractivity contribution in [3.8, 4) is 17.5 Å². The lowest BCUT2D eigenvalue weighted by molar-refractivity contribution is 0.409. The van der Waals surface area contributed by atoms with Crippen LogP contribution in [-0.2, 0) is 0 Å². The first kappa shape index (κ1) is 16.1. The van der Waals surface area contributed by atoms with Crippen LogP contribution in [0.3, 0.4) is 0 Å². The minimum atomic E-state index is 0.174. The second-order valence-corrected chi connectivity index (χ2v) is 5.37. The Hall–Kier alpha value is -2.23. The third-order valence-electron chi connectivity index (χ3n) is 2.69. The first-order chi connectivity index (χ1) is 10.7. The zero-order chi connectivity index (χ0) is 15.9. The Morgan fingerprint density at radius 3 is 2.82 bits per heavy atom. The number of nitrogens with one attached hydrogen (secondary N) is 1. The summed E-state index contributed by atoms with van der Waals surface area (Å²) >= 11 is 7.25. The van der Waals surface area contributed by atoms with Gasteiger partial charge < -0.3 is 9.84 Å². The fraction of sp³-hybridized carbons (Fsp3) is 0.133. The molecule has 0 amide bonds. The average molecular weight is 333 g/mol. The fourth-order valence-electron chi connectivity index (χ4n) is 1.66. The van der Waals surface area contributed by atoms with E-state index in [2.05, 4.69) is 28.1 Å². The molecule has 1 heterocycles. The van der Waals surface area contributed by atoms with Gasteiger partial charge in [-0.1, -0.05) is 22.8 Å². The van der Waals surface area contributed by atoms with E-state index in [0.717, 1.165) is 5.56 Å². The molecule has 0 aliphatic rings. The summed E-state index contributed by atoms with van der Waals surface area (Å²) in [6.07, 6.45) is 3.57. The highest BCUT2D eigenvalue weighted by molar-refractivity contribution is 8.02. The van der Waals surface area contributed by atoms with Crippen LogP contribution in [0.2, 0.25) is 5.02 Å². The number of nitrogens with zero attached hydrogens (tertiary/aromatic N) is 3. The Kier molecular flexibility index (Phi) is 5.64. The zero-order valence-electron chi connectivity index (χ0n) is 11.8. The normalized spacial score (nSPS) is 11.5. The van der Waals surface area contributed by atoms with Crippen molar-refractivity contribution in [2.75, 3.05) is 12.8 Å². The highest BCUT2D eigenvalue weighted by Crippen LogP contribution is 2.25. The van der Waals surface area contributed by atoms with Crippen LogP contribution in [0.4, 0.5) is 0 Å². The van der Waals surface area contributed by atoms with E-state index in [-0.39, 0.29) is 5.89 Å². The molecule has 22 heavy (non-hydrogen) atoms. The van der Waals surface area contributed by atoms with Gasteiger partial charge in [0.2, 0.25) is 5.82 Å². The van der Waals surface area contributed by atoms with Crippen LogP contribution in [-0.4, -0.2) is 22.9 Å². The SMILES string of the molecule is C=CCNC(SC)=C(C#N)c1nc(-c2ccc(Cl)cc2)no1. The highest BCUT2D eigenvalue weighted by atomic mass is 35.5. The molecular weight excluding hydrogens is 320 g/mol. The predicted molar refractivity (Wildman–Crippen MR) is 89.0 cm³/mol. The topological polar surface area (TPSA) is 74.7 Å². The second kappa shape index (κ2) is 7.69. The number of aromatic nitrogens is 2. The molecule has 2 aromatic rings. The number of allylic oxidation sites excluding steroid dienone is 1. The van der Waals surface area contributed by atoms with Gasteiger partial charge >= 0.3 is 0 Å². The molecule has 0 radical (unpaired) electrons. The Bertz CT molecular complexity index is 731. The van der Waals surface area contributed by atoms with E-state index < -0.39 is 0 Å². The van der Waals surface area contributed by atoms with Crippen molar-refractivity contribution in [3.63, 3.8) is 0 Å². The maximum absolute atomic E-state index is 9.36. The van der Waals surface area contributed by atoms with E-state index in [1.54, 1.807) is 30.3 Å². The minimum absolute atomic E-state index is 0.174. The van der Waals surface area contributed by atoms with Crippen LogP contribution in [0.5, 0.6) is 0 Å². The molecule has 0 saturated heterocycles. The number of hydrogen-bond donors (Lipinski definition) is 1. The van der Waals surface area contributed by atoms with Crippen LogP contribution in [0.25, 0.3) is 17.0 Å². The van der Waals surface area contributed by atoms with Crippen molar-refractivity contribution < 1.29 is 4.52 Å². The number of rotatable bonds is 6. The van der Waals surface area contributed by atoms with E-state index in [0.29, 0.717) is 28.0 Å². The van der Waals surface area contributed by atoms with Crippen molar-refractivity contribution in [2.45, 2.75) is 0 Å². The Morgan fingerprint density at radius 2 is 2.23 bits per heavy atom. The van der Waals surface area contributed by atoms with Crippen LogP contribution < -0.4 is 5.32 Å². The fourth-order valence-corrected chi connectivity index (χ4v) is 2.36. The van der Waals surface area contributed by atoms with Gasteiger partial charge in [0.05, 0.1) is 5.03 Å². The van der Waals surface area contributed by atoms with E-state index in [1.807, 2.05) is 6.26 Å². The standard InChI is InChI=1S/C15H13ClN4OS/c1-3-8-18-15(22-2)12(9-17)14-19-13(20-21-14)10-4-6-11(16)7-5-10/h3-7,18H,1,8H2,2H3. The molecule has 0 atom stereocenters. The molecule has 0 spiro atoms. The Balaban J connectivity index is 2.36. The van der Waals surface area contributed by atoms with Crippen LogP contribution >= 0.6 is 23.4 Å². The number of halogens is 1. The summed E-state index contributed by atoms with van der Waals surface area (Å²) < 4.78 is 5.21. The summed E-state index contributed by atoms with van der Waals surface area (Å²) in [5.74, 6) is 0.581. The number of nitriles is 1. The molecule has 0 aliphatic carbocycles. The maximum Gasteiger partial charge on any atom is 0.271 e. The number of thioether (sulfide) groups is 1. The smallest absolute Gasteiger partial charge is 0.271 e. The molecule has 112 valence electrons. The molecule has 0 aliphatic heterocycles. The predicted octanol–water partition coefficient (Wildman–Crippen LogP) is 3.72. The van der Waals surface area contributed by atoms with Gasteiger partial charge in [-0.05, 0) is 30.5 Å². The lowest BCUT2D eigenvalue weighted by Crippen LogP contribution is -2.12. The Labute approximate surface area is 137 Å². The average Bonchev–Trinajstić information content (AvgIpc) is 3.01. The van der Waals surface area contributed by atoms with Crippen LogP contribution in [0.1, 0.15) is 5.89 Å². The molecular formula is C15H13ClN4OS. The number of benzene rings is 1. The van der Waals surface area contributed by atoms with E-state index in [1.165, 1.54) is 11.8 Å². The molecule has 0 bridgehead atoms. The molecule has 0 unspecified atom stereocenters. The van der Waals surface area contributed by atoms with Gasteiger partial charge in [0.25, 0.3) is 5.89 Å². The molecule has 1 aromatic carbocycles. The zero-order valence-corrected chi connectivity index (χ0v) is 13.4. The lowest BCUT2D eigenvalue weighted by atomic mass is 10.2. The van der Waals surface area contributed by atoms with Gasteiger partial charge in [-0.15, -0.1) is 18.3 Å². The molecule has 1 N–H and O–H groups in total. The van der Waals surface area contributed by atoms with Crippen molar-refractivity contribution in [2.24, 2.45) is 0 Å². The van der Waals surface area contributed by atoms with Crippen molar-refractivity contribution in [1.29, 1.82) is 5.26 Å². The molecule has 7 heteroatoms. The largest absolute Gasteiger partial charge is 0.375 e. The molecule has 1 aromatic heterocycles. The quantitative estimate of drug-likeness (QED) is 0.642. The number of hydrogen-bond acceptors (Lipinski definition) is 6. The summed E-state index contributed by atoms with van der Waals surface area (Å²) in [7, 11) is 0. The monoisotopic (exact) mass is 332 g/mol. The third-order valence-corrected chi connectivity index (χ3v) is 3.70. The minimum Gasteiger partial charge on any atom is -0.375 e. The van der Waals surface area contributed by atoms with Gasteiger partial charge in [-0.2, -0.15) is 10.2 Å². The van der Waals surface area contributed by atoms with E-state index in [4.69, 9.17) is 16.1 Å². The Morgan fingerprint density at radius 1 is 1.50 bits per heavy atom. The van der Waals surface area contributed by atoms with Gasteiger partial charge in [-0.3, -0.25) is 0 Å².